The van der Waals surface area contributed by atoms with Gasteiger partial charge in [0, 0.05) is 16.8 Å². The highest BCUT2D eigenvalue weighted by Gasteiger charge is 2.27. The summed E-state index contributed by atoms with van der Waals surface area (Å²) in [6.07, 6.45) is 0. The maximum Gasteiger partial charge on any atom is 0.358 e. The lowest BCUT2D eigenvalue weighted by Crippen LogP contribution is -2.24. The van der Waals surface area contributed by atoms with Crippen molar-refractivity contribution in [1.29, 1.82) is 0 Å². The number of aliphatic hydroxyl groups excluding tert-OH is 1. The van der Waals surface area contributed by atoms with Crippen LogP contribution in [0, 0.1) is 5.41 Å². The summed E-state index contributed by atoms with van der Waals surface area (Å²) in [5.41, 5.74) is 2.47. The number of para-hydroxylation sites is 1. The smallest absolute Gasteiger partial charge is 0.358 e. The van der Waals surface area contributed by atoms with Crippen molar-refractivity contribution in [2.45, 2.75) is 13.8 Å². The van der Waals surface area contributed by atoms with Crippen LogP contribution in [-0.2, 0) is 9.09 Å². The van der Waals surface area contributed by atoms with Gasteiger partial charge in [0.05, 0.1) is 18.5 Å². The van der Waals surface area contributed by atoms with Gasteiger partial charge in [0.1, 0.15) is 0 Å². The molecule has 1 atom stereocenters. The molecule has 0 aliphatic rings. The fourth-order valence-corrected chi connectivity index (χ4v) is 3.98. The van der Waals surface area contributed by atoms with E-state index in [2.05, 4.69) is 10.6 Å². The monoisotopic (exact) mass is 454 g/mol. The van der Waals surface area contributed by atoms with E-state index in [1.165, 1.54) is 0 Å². The van der Waals surface area contributed by atoms with Crippen molar-refractivity contribution < 1.29 is 23.9 Å². The molecule has 0 fully saturated rings. The molecule has 0 aliphatic heterocycles. The second-order valence-electron chi connectivity index (χ2n) is 8.19. The number of hydrogen-bond acceptors (Lipinski definition) is 4. The average Bonchev–Trinajstić information content (AvgIpc) is 2.79. The number of carbonyl (C=O) groups is 1. The van der Waals surface area contributed by atoms with E-state index in [9.17, 15) is 19.4 Å². The Balaban J connectivity index is 1.62. The van der Waals surface area contributed by atoms with Crippen molar-refractivity contribution in [2.75, 3.05) is 23.8 Å². The molecule has 168 valence electrons. The van der Waals surface area contributed by atoms with Crippen molar-refractivity contribution in [3.63, 3.8) is 0 Å². The number of anilines is 2. The molecule has 0 radical (unpaired) electrons. The first kappa shape index (κ1) is 23.7. The topological polar surface area (TPSA) is 108 Å². The number of amides is 2. The molecule has 0 saturated heterocycles. The van der Waals surface area contributed by atoms with E-state index >= 15 is 0 Å². The lowest BCUT2D eigenvalue weighted by Gasteiger charge is -2.23. The third kappa shape index (κ3) is 6.52. The highest BCUT2D eigenvalue weighted by molar-refractivity contribution is 7.61. The summed E-state index contributed by atoms with van der Waals surface area (Å²) in [4.78, 5) is 22.3. The molecule has 8 heteroatoms. The van der Waals surface area contributed by atoms with Crippen molar-refractivity contribution in [3.05, 3.63) is 78.9 Å². The summed E-state index contributed by atoms with van der Waals surface area (Å²) in [5, 5.41) is 15.0. The number of aliphatic hydroxyl groups is 1. The molecule has 0 spiro atoms. The van der Waals surface area contributed by atoms with Crippen molar-refractivity contribution in [1.82, 2.24) is 0 Å². The summed E-state index contributed by atoms with van der Waals surface area (Å²) in [6.45, 7) is 3.32. The zero-order valence-corrected chi connectivity index (χ0v) is 18.9. The molecular formula is C24H27N2O5P. The Morgan fingerprint density at radius 2 is 1.38 bits per heavy atom. The van der Waals surface area contributed by atoms with E-state index < -0.39 is 13.0 Å². The molecule has 0 aliphatic carbocycles. The van der Waals surface area contributed by atoms with Gasteiger partial charge in [-0.3, -0.25) is 4.57 Å². The lowest BCUT2D eigenvalue weighted by molar-refractivity contribution is 0.0926. The van der Waals surface area contributed by atoms with Crippen LogP contribution in [0.25, 0.3) is 11.1 Å². The summed E-state index contributed by atoms with van der Waals surface area (Å²) in [7, 11) is -3.98. The van der Waals surface area contributed by atoms with Gasteiger partial charge >= 0.3 is 13.6 Å². The minimum atomic E-state index is -3.98. The van der Waals surface area contributed by atoms with Gasteiger partial charge in [-0.15, -0.1) is 0 Å². The second-order valence-corrected chi connectivity index (χ2v) is 10.0. The number of carbonyl (C=O) groups excluding carboxylic acids is 1. The first-order valence-electron chi connectivity index (χ1n) is 10.1. The van der Waals surface area contributed by atoms with E-state index in [1.54, 1.807) is 62.4 Å². The summed E-state index contributed by atoms with van der Waals surface area (Å²) in [6, 6.07) is 22.7. The van der Waals surface area contributed by atoms with E-state index in [0.29, 0.717) is 11.4 Å². The maximum atomic E-state index is 12.5. The molecule has 0 aromatic heterocycles. The third-order valence-corrected chi connectivity index (χ3v) is 6.19. The zero-order chi connectivity index (χ0) is 23.2. The number of benzene rings is 3. The Kier molecular flexibility index (Phi) is 7.48. The molecule has 3 aromatic rings. The fourth-order valence-electron chi connectivity index (χ4n) is 2.79. The number of urea groups is 1. The maximum absolute atomic E-state index is 12.5. The van der Waals surface area contributed by atoms with E-state index in [4.69, 9.17) is 4.52 Å². The molecule has 0 heterocycles. The second kappa shape index (κ2) is 10.1. The predicted molar refractivity (Wildman–Crippen MR) is 127 cm³/mol. The van der Waals surface area contributed by atoms with Gasteiger partial charge in [-0.2, -0.15) is 0 Å². The van der Waals surface area contributed by atoms with Crippen LogP contribution in [0.5, 0.6) is 0 Å². The molecule has 3 rings (SSSR count). The van der Waals surface area contributed by atoms with Crippen LogP contribution in [0.2, 0.25) is 0 Å². The number of hydrogen-bond donors (Lipinski definition) is 4. The average molecular weight is 454 g/mol. The van der Waals surface area contributed by atoms with Crippen LogP contribution in [0.4, 0.5) is 16.2 Å². The molecule has 1 unspecified atom stereocenters. The van der Waals surface area contributed by atoms with Crippen LogP contribution in [0.1, 0.15) is 13.8 Å². The normalized spacial score (nSPS) is 13.2. The first-order chi connectivity index (χ1) is 15.2. The number of nitrogens with one attached hydrogen (secondary N) is 2. The Morgan fingerprint density at radius 3 is 1.91 bits per heavy atom. The highest BCUT2D eigenvalue weighted by Crippen LogP contribution is 2.42. The minimum absolute atomic E-state index is 0.0364. The molecule has 32 heavy (non-hydrogen) atoms. The van der Waals surface area contributed by atoms with Crippen molar-refractivity contribution >= 4 is 30.3 Å². The lowest BCUT2D eigenvalue weighted by atomic mass is 9.97. The number of rotatable bonds is 8. The Morgan fingerprint density at radius 1 is 0.875 bits per heavy atom. The van der Waals surface area contributed by atoms with Gasteiger partial charge in [0.2, 0.25) is 0 Å². The summed E-state index contributed by atoms with van der Waals surface area (Å²) < 4.78 is 17.7. The van der Waals surface area contributed by atoms with Crippen molar-refractivity contribution in [2.24, 2.45) is 5.41 Å². The van der Waals surface area contributed by atoms with E-state index in [0.717, 1.165) is 11.1 Å². The van der Waals surface area contributed by atoms with Crippen LogP contribution < -0.4 is 15.9 Å². The molecule has 2 amide bonds. The summed E-state index contributed by atoms with van der Waals surface area (Å²) in [5.74, 6) is 0. The molecule has 7 nitrogen and oxygen atoms in total. The Hall–Kier alpha value is -2.96. The first-order valence-corrected chi connectivity index (χ1v) is 11.7. The van der Waals surface area contributed by atoms with Gasteiger partial charge in [-0.05, 0) is 47.5 Å². The van der Waals surface area contributed by atoms with Crippen LogP contribution >= 0.6 is 7.60 Å². The molecule has 0 saturated carbocycles. The zero-order valence-electron chi connectivity index (χ0n) is 18.0. The van der Waals surface area contributed by atoms with E-state index in [-0.39, 0.29) is 24.5 Å². The Labute approximate surface area is 187 Å². The van der Waals surface area contributed by atoms with E-state index in [1.807, 2.05) is 30.3 Å². The largest absolute Gasteiger partial charge is 0.396 e. The van der Waals surface area contributed by atoms with Crippen LogP contribution in [0.3, 0.4) is 0 Å². The molecule has 3 aromatic carbocycles. The van der Waals surface area contributed by atoms with Gasteiger partial charge < -0.3 is 25.2 Å². The third-order valence-electron chi connectivity index (χ3n) is 4.76. The Bertz CT molecular complexity index is 1080. The standard InChI is InChI=1S/C24H27N2O5P/c1-24(2,16-27)17-31-32(29,30)22-14-10-19(11-15-22)18-8-12-21(13-9-18)26-23(28)25-20-6-4-3-5-7-20/h3-15,27H,16-17H2,1-2H3,(H,29,30)(H2,25,26,28). The van der Waals surface area contributed by atoms with Crippen molar-refractivity contribution in [3.8, 4) is 11.1 Å². The SMILES string of the molecule is CC(C)(CO)COP(=O)(O)c1ccc(-c2ccc(NC(=O)Nc3ccccc3)cc2)cc1. The van der Waals surface area contributed by atoms with Gasteiger partial charge in [-0.1, -0.05) is 56.3 Å². The van der Waals surface area contributed by atoms with Crippen LogP contribution in [-0.4, -0.2) is 29.2 Å². The fraction of sp³-hybridized carbons (Fsp3) is 0.208. The quantitative estimate of drug-likeness (QED) is 0.364. The highest BCUT2D eigenvalue weighted by atomic mass is 31.2. The molecule has 4 N–H and O–H groups in total. The summed E-state index contributed by atoms with van der Waals surface area (Å²) >= 11 is 0. The van der Waals surface area contributed by atoms with Crippen LogP contribution in [0.15, 0.2) is 78.9 Å². The molecular weight excluding hydrogens is 427 g/mol. The predicted octanol–water partition coefficient (Wildman–Crippen LogP) is 4.84. The molecule has 0 bridgehead atoms. The minimum Gasteiger partial charge on any atom is -0.396 e. The van der Waals surface area contributed by atoms with Gasteiger partial charge in [0.25, 0.3) is 0 Å². The van der Waals surface area contributed by atoms with Gasteiger partial charge in [-0.25, -0.2) is 4.79 Å². The van der Waals surface area contributed by atoms with Gasteiger partial charge in [0.15, 0.2) is 0 Å².